The summed E-state index contributed by atoms with van der Waals surface area (Å²) in [6.07, 6.45) is 1.88. The molecule has 0 aliphatic carbocycles. The van der Waals surface area contributed by atoms with Gasteiger partial charge in [0.15, 0.2) is 0 Å². The van der Waals surface area contributed by atoms with Gasteiger partial charge in [-0.15, -0.1) is 12.4 Å². The molecule has 106 valence electrons. The summed E-state index contributed by atoms with van der Waals surface area (Å²) in [5, 5.41) is 6.06. The second kappa shape index (κ2) is 6.87. The molecule has 0 radical (unpaired) electrons. The van der Waals surface area contributed by atoms with Crippen LogP contribution in [0.15, 0.2) is 24.3 Å². The van der Waals surface area contributed by atoms with E-state index in [2.05, 4.69) is 10.6 Å². The molecule has 5 heteroatoms. The fourth-order valence-corrected chi connectivity index (χ4v) is 2.28. The van der Waals surface area contributed by atoms with Crippen molar-refractivity contribution in [1.29, 1.82) is 0 Å². The Morgan fingerprint density at radius 3 is 2.84 bits per heavy atom. The third kappa shape index (κ3) is 3.91. The van der Waals surface area contributed by atoms with Crippen molar-refractivity contribution in [2.24, 2.45) is 5.41 Å². The lowest BCUT2D eigenvalue weighted by atomic mass is 9.82. The van der Waals surface area contributed by atoms with Crippen molar-refractivity contribution >= 4 is 18.3 Å². The summed E-state index contributed by atoms with van der Waals surface area (Å²) in [5.74, 6) is -0.275. The highest BCUT2D eigenvalue weighted by Gasteiger charge is 2.34. The molecular formula is C14H20ClFN2O. The number of halogens is 2. The van der Waals surface area contributed by atoms with Crippen molar-refractivity contribution < 1.29 is 9.18 Å². The Morgan fingerprint density at radius 2 is 2.21 bits per heavy atom. The number of nitrogens with one attached hydrogen (secondary N) is 2. The highest BCUT2D eigenvalue weighted by atomic mass is 35.5. The van der Waals surface area contributed by atoms with Crippen LogP contribution in [0, 0.1) is 11.2 Å². The van der Waals surface area contributed by atoms with E-state index in [1.807, 2.05) is 6.92 Å². The molecule has 1 atom stereocenters. The van der Waals surface area contributed by atoms with Crippen LogP contribution in [0.1, 0.15) is 25.3 Å². The van der Waals surface area contributed by atoms with E-state index in [-0.39, 0.29) is 36.1 Å². The molecule has 0 bridgehead atoms. The van der Waals surface area contributed by atoms with Crippen molar-refractivity contribution in [2.45, 2.75) is 26.3 Å². The van der Waals surface area contributed by atoms with Crippen molar-refractivity contribution in [3.8, 4) is 0 Å². The van der Waals surface area contributed by atoms with Gasteiger partial charge in [-0.05, 0) is 32.4 Å². The van der Waals surface area contributed by atoms with Gasteiger partial charge < -0.3 is 10.6 Å². The van der Waals surface area contributed by atoms with Crippen LogP contribution in [-0.2, 0) is 11.3 Å². The number of benzene rings is 1. The molecule has 1 heterocycles. The maximum atomic E-state index is 13.4. The summed E-state index contributed by atoms with van der Waals surface area (Å²) in [7, 11) is 0. The second-order valence-electron chi connectivity index (χ2n) is 5.12. The van der Waals surface area contributed by atoms with Crippen LogP contribution in [0.5, 0.6) is 0 Å². The molecule has 3 nitrogen and oxygen atoms in total. The van der Waals surface area contributed by atoms with Crippen LogP contribution in [-0.4, -0.2) is 19.0 Å². The van der Waals surface area contributed by atoms with Gasteiger partial charge in [0.25, 0.3) is 0 Å². The van der Waals surface area contributed by atoms with Crippen LogP contribution in [0.2, 0.25) is 0 Å². The van der Waals surface area contributed by atoms with Gasteiger partial charge in [-0.2, -0.15) is 0 Å². The molecule has 1 saturated heterocycles. The van der Waals surface area contributed by atoms with Gasteiger partial charge in [0.2, 0.25) is 5.91 Å². The largest absolute Gasteiger partial charge is 0.351 e. The fourth-order valence-electron chi connectivity index (χ4n) is 2.28. The SMILES string of the molecule is CC1(C(=O)NCc2ccccc2F)CCCNC1.Cl. The number of piperidine rings is 1. The van der Waals surface area contributed by atoms with Gasteiger partial charge in [0.1, 0.15) is 5.82 Å². The third-order valence-electron chi connectivity index (χ3n) is 3.54. The third-order valence-corrected chi connectivity index (χ3v) is 3.54. The van der Waals surface area contributed by atoms with Gasteiger partial charge in [0, 0.05) is 18.7 Å². The first-order valence-electron chi connectivity index (χ1n) is 6.34. The van der Waals surface area contributed by atoms with E-state index in [0.29, 0.717) is 12.1 Å². The van der Waals surface area contributed by atoms with Crippen molar-refractivity contribution in [1.82, 2.24) is 10.6 Å². The number of hydrogen-bond acceptors (Lipinski definition) is 2. The highest BCUT2D eigenvalue weighted by Crippen LogP contribution is 2.25. The zero-order valence-corrected chi connectivity index (χ0v) is 11.9. The van der Waals surface area contributed by atoms with Crippen LogP contribution >= 0.6 is 12.4 Å². The minimum absolute atomic E-state index is 0. The molecule has 1 unspecified atom stereocenters. The maximum absolute atomic E-state index is 13.4. The molecule has 1 amide bonds. The summed E-state index contributed by atoms with van der Waals surface area (Å²) in [6, 6.07) is 6.52. The molecule has 2 rings (SSSR count). The van der Waals surface area contributed by atoms with Gasteiger partial charge >= 0.3 is 0 Å². The van der Waals surface area contributed by atoms with Crippen molar-refractivity contribution in [2.75, 3.05) is 13.1 Å². The van der Waals surface area contributed by atoms with E-state index in [1.165, 1.54) is 6.07 Å². The predicted molar refractivity (Wildman–Crippen MR) is 75.7 cm³/mol. The topological polar surface area (TPSA) is 41.1 Å². The maximum Gasteiger partial charge on any atom is 0.227 e. The van der Waals surface area contributed by atoms with E-state index in [9.17, 15) is 9.18 Å². The first-order valence-corrected chi connectivity index (χ1v) is 6.34. The number of amides is 1. The zero-order chi connectivity index (χ0) is 13.0. The van der Waals surface area contributed by atoms with Crippen LogP contribution in [0.25, 0.3) is 0 Å². The van der Waals surface area contributed by atoms with Crippen LogP contribution in [0.3, 0.4) is 0 Å². The van der Waals surface area contributed by atoms with Gasteiger partial charge in [-0.25, -0.2) is 4.39 Å². The molecule has 1 aliphatic rings. The molecule has 1 aromatic rings. The summed E-state index contributed by atoms with van der Waals surface area (Å²) in [4.78, 5) is 12.1. The second-order valence-corrected chi connectivity index (χ2v) is 5.12. The van der Waals surface area contributed by atoms with E-state index < -0.39 is 0 Å². The monoisotopic (exact) mass is 286 g/mol. The lowest BCUT2D eigenvalue weighted by molar-refractivity contribution is -0.131. The summed E-state index contributed by atoms with van der Waals surface area (Å²) in [5.41, 5.74) is 0.155. The molecule has 0 aromatic heterocycles. The lowest BCUT2D eigenvalue weighted by Crippen LogP contribution is -2.48. The van der Waals surface area contributed by atoms with Gasteiger partial charge in [0.05, 0.1) is 5.41 Å². The minimum atomic E-state index is -0.372. The summed E-state index contributed by atoms with van der Waals surface area (Å²) >= 11 is 0. The summed E-state index contributed by atoms with van der Waals surface area (Å²) < 4.78 is 13.4. The Hall–Kier alpha value is -1.13. The standard InChI is InChI=1S/C14H19FN2O.ClH/c1-14(7-4-8-16-10-14)13(18)17-9-11-5-2-3-6-12(11)15;/h2-3,5-6,16H,4,7-10H2,1H3,(H,17,18);1H. The number of carbonyl (C=O) groups excluding carboxylic acids is 1. The molecule has 0 spiro atoms. The van der Waals surface area contributed by atoms with Crippen molar-refractivity contribution in [3.63, 3.8) is 0 Å². The molecule has 0 saturated carbocycles. The number of rotatable bonds is 3. The highest BCUT2D eigenvalue weighted by molar-refractivity contribution is 5.85. The Balaban J connectivity index is 0.00000180. The molecular weight excluding hydrogens is 267 g/mol. The predicted octanol–water partition coefficient (Wildman–Crippen LogP) is 2.25. The van der Waals surface area contributed by atoms with Crippen molar-refractivity contribution in [3.05, 3.63) is 35.6 Å². The number of carbonyl (C=O) groups is 1. The Kier molecular flexibility index (Phi) is 5.76. The smallest absolute Gasteiger partial charge is 0.227 e. The first kappa shape index (κ1) is 15.9. The summed E-state index contributed by atoms with van der Waals surface area (Å²) in [6.45, 7) is 3.86. The molecule has 1 aromatic carbocycles. The van der Waals surface area contributed by atoms with E-state index in [0.717, 1.165) is 19.4 Å². The Bertz CT molecular complexity index is 433. The van der Waals surface area contributed by atoms with E-state index in [1.54, 1.807) is 18.2 Å². The normalized spacial score (nSPS) is 22.4. The first-order chi connectivity index (χ1) is 8.62. The van der Waals surface area contributed by atoms with E-state index in [4.69, 9.17) is 0 Å². The molecule has 19 heavy (non-hydrogen) atoms. The Labute approximate surface area is 119 Å². The van der Waals surface area contributed by atoms with E-state index >= 15 is 0 Å². The molecule has 1 fully saturated rings. The fraction of sp³-hybridized carbons (Fsp3) is 0.500. The van der Waals surface area contributed by atoms with Gasteiger partial charge in [-0.1, -0.05) is 18.2 Å². The molecule has 2 N–H and O–H groups in total. The molecule has 1 aliphatic heterocycles. The average molecular weight is 287 g/mol. The Morgan fingerprint density at radius 1 is 1.47 bits per heavy atom. The number of hydrogen-bond donors (Lipinski definition) is 2. The minimum Gasteiger partial charge on any atom is -0.351 e. The van der Waals surface area contributed by atoms with Crippen LogP contribution in [0.4, 0.5) is 4.39 Å². The zero-order valence-electron chi connectivity index (χ0n) is 11.0. The quantitative estimate of drug-likeness (QED) is 0.895. The lowest BCUT2D eigenvalue weighted by Gasteiger charge is -2.32. The average Bonchev–Trinajstić information content (AvgIpc) is 2.38. The van der Waals surface area contributed by atoms with Crippen LogP contribution < -0.4 is 10.6 Å². The van der Waals surface area contributed by atoms with Gasteiger partial charge in [-0.3, -0.25) is 4.79 Å².